The van der Waals surface area contributed by atoms with E-state index in [0.29, 0.717) is 49.8 Å². The van der Waals surface area contributed by atoms with Gasteiger partial charge >= 0.3 is 0 Å². The van der Waals surface area contributed by atoms with Gasteiger partial charge in [0.05, 0.1) is 30.3 Å². The average Bonchev–Trinajstić information content (AvgIpc) is 3.39. The predicted octanol–water partition coefficient (Wildman–Crippen LogP) is 6.52. The standard InChI is InChI=1S/C36H42ClN3O6S/c1-23-16-29(38-46-23)20-44-33-8-4-3-6-24(2)47(42,43)39-35(41)26-10-14-34-32(18-26)40(19-27-9-12-30(27)33)21-36(22-45-34)15-5-7-25-17-28(37)11-13-31(25)36/h4,8,10-11,13-14,16-18,24,27,30,33H,3,5-7,9,12,15,19-22H2,1-2H3,(H,39,41)/b8-4+/t24-,27+,30-,33+,36+/m1/s1. The third kappa shape index (κ3) is 6.56. The zero-order valence-electron chi connectivity index (χ0n) is 26.9. The fraction of sp³-hybridized carbons (Fsp3) is 0.500. The average molecular weight is 680 g/mol. The van der Waals surface area contributed by atoms with Crippen LogP contribution in [0.3, 0.4) is 0 Å². The van der Waals surface area contributed by atoms with Gasteiger partial charge in [0.25, 0.3) is 5.91 Å². The quantitative estimate of drug-likeness (QED) is 0.312. The van der Waals surface area contributed by atoms with Crippen molar-refractivity contribution in [2.45, 2.75) is 82.2 Å². The molecule has 4 aliphatic rings. The molecule has 2 aromatic carbocycles. The Morgan fingerprint density at radius 2 is 2.02 bits per heavy atom. The molecular formula is C36H42ClN3O6S. The summed E-state index contributed by atoms with van der Waals surface area (Å²) in [5.74, 6) is 1.41. The van der Waals surface area contributed by atoms with Gasteiger partial charge in [-0.25, -0.2) is 13.1 Å². The maximum absolute atomic E-state index is 13.4. The van der Waals surface area contributed by atoms with Crippen LogP contribution in [0.1, 0.15) is 78.4 Å². The van der Waals surface area contributed by atoms with Crippen LogP contribution in [0.4, 0.5) is 5.69 Å². The van der Waals surface area contributed by atoms with Crippen LogP contribution in [0.2, 0.25) is 5.02 Å². The van der Waals surface area contributed by atoms with Crippen LogP contribution in [-0.2, 0) is 33.2 Å². The third-order valence-electron chi connectivity index (χ3n) is 10.6. The first-order valence-electron chi connectivity index (χ1n) is 16.7. The first kappa shape index (κ1) is 32.2. The molecule has 11 heteroatoms. The van der Waals surface area contributed by atoms with Crippen molar-refractivity contribution in [3.05, 3.63) is 87.8 Å². The number of allylic oxidation sites excluding steroid dienone is 1. The molecule has 1 N–H and O–H groups in total. The smallest absolute Gasteiger partial charge is 0.264 e. The minimum atomic E-state index is -3.89. The third-order valence-corrected chi connectivity index (χ3v) is 12.6. The van der Waals surface area contributed by atoms with Crippen molar-refractivity contribution >= 4 is 33.2 Å². The Hall–Kier alpha value is -3.34. The number of hydrogen-bond acceptors (Lipinski definition) is 8. The topological polar surface area (TPSA) is 111 Å². The van der Waals surface area contributed by atoms with Crippen molar-refractivity contribution in [3.8, 4) is 5.75 Å². The van der Waals surface area contributed by atoms with E-state index >= 15 is 0 Å². The van der Waals surface area contributed by atoms with Crippen LogP contribution in [0.5, 0.6) is 5.75 Å². The SMILES string of the molecule is Cc1cc(CO[C@H]2/C=C/CC[C@@H](C)S(=O)(=O)NC(=O)c3ccc4c(c3)N(C[C@@H]3CC[C@H]32)C[C@@]2(CCCc3cc(Cl)ccc32)CO4)no1. The van der Waals surface area contributed by atoms with Crippen molar-refractivity contribution < 1.29 is 27.2 Å². The molecule has 2 bridgehead atoms. The number of carbonyl (C=O) groups excluding carboxylic acids is 1. The first-order chi connectivity index (χ1) is 22.6. The lowest BCUT2D eigenvalue weighted by atomic mass is 9.68. The number of fused-ring (bicyclic) bond motifs is 4. The summed E-state index contributed by atoms with van der Waals surface area (Å²) >= 11 is 6.44. The molecular weight excluding hydrogens is 638 g/mol. The molecule has 1 fully saturated rings. The molecule has 1 saturated carbocycles. The van der Waals surface area contributed by atoms with Crippen LogP contribution in [0, 0.1) is 18.8 Å². The highest BCUT2D eigenvalue weighted by molar-refractivity contribution is 7.90. The van der Waals surface area contributed by atoms with Gasteiger partial charge in [-0.05, 0) is 112 Å². The second-order valence-electron chi connectivity index (χ2n) is 13.8. The number of anilines is 1. The molecule has 47 heavy (non-hydrogen) atoms. The van der Waals surface area contributed by atoms with Gasteiger partial charge in [0.15, 0.2) is 0 Å². The lowest BCUT2D eigenvalue weighted by molar-refractivity contribution is -0.0243. The summed E-state index contributed by atoms with van der Waals surface area (Å²) in [6, 6.07) is 13.4. The van der Waals surface area contributed by atoms with Crippen molar-refractivity contribution in [3.63, 3.8) is 0 Å². The molecule has 5 atom stereocenters. The van der Waals surface area contributed by atoms with Crippen LogP contribution < -0.4 is 14.4 Å². The fourth-order valence-electron chi connectivity index (χ4n) is 7.79. The van der Waals surface area contributed by atoms with Crippen LogP contribution in [0.15, 0.2) is 59.1 Å². The highest BCUT2D eigenvalue weighted by Gasteiger charge is 2.44. The zero-order valence-corrected chi connectivity index (χ0v) is 28.5. The van der Waals surface area contributed by atoms with Gasteiger partial charge in [0, 0.05) is 35.2 Å². The van der Waals surface area contributed by atoms with Gasteiger partial charge in [0.1, 0.15) is 17.2 Å². The Morgan fingerprint density at radius 1 is 1.15 bits per heavy atom. The number of carbonyl (C=O) groups is 1. The number of sulfonamides is 1. The molecule has 2 aliphatic heterocycles. The lowest BCUT2D eigenvalue weighted by Gasteiger charge is -2.46. The summed E-state index contributed by atoms with van der Waals surface area (Å²) in [5.41, 5.74) is 4.11. The summed E-state index contributed by atoms with van der Waals surface area (Å²) in [7, 11) is -3.89. The summed E-state index contributed by atoms with van der Waals surface area (Å²) in [4.78, 5) is 15.8. The van der Waals surface area contributed by atoms with Gasteiger partial charge < -0.3 is 18.9 Å². The van der Waals surface area contributed by atoms with Gasteiger partial charge in [-0.3, -0.25) is 4.79 Å². The highest BCUT2D eigenvalue weighted by atomic mass is 35.5. The van der Waals surface area contributed by atoms with Crippen LogP contribution >= 0.6 is 11.6 Å². The Labute approximate surface area is 281 Å². The summed E-state index contributed by atoms with van der Waals surface area (Å²) in [6.07, 6.45) is 9.93. The van der Waals surface area contributed by atoms with E-state index in [4.69, 9.17) is 25.6 Å². The molecule has 7 rings (SSSR count). The van der Waals surface area contributed by atoms with Gasteiger partial charge in [-0.15, -0.1) is 0 Å². The normalized spacial score (nSPS) is 29.4. The molecule has 9 nitrogen and oxygen atoms in total. The molecule has 1 amide bonds. The van der Waals surface area contributed by atoms with E-state index in [1.807, 2.05) is 31.2 Å². The van der Waals surface area contributed by atoms with Crippen molar-refractivity contribution in [1.82, 2.24) is 9.88 Å². The summed E-state index contributed by atoms with van der Waals surface area (Å²) in [6.45, 7) is 5.79. The minimum Gasteiger partial charge on any atom is -0.490 e. The number of nitrogens with one attached hydrogen (secondary N) is 1. The molecule has 0 unspecified atom stereocenters. The van der Waals surface area contributed by atoms with Crippen molar-refractivity contribution in [1.29, 1.82) is 0 Å². The lowest BCUT2D eigenvalue weighted by Crippen LogP contribution is -2.49. The Morgan fingerprint density at radius 3 is 2.81 bits per heavy atom. The molecule has 1 spiro atoms. The number of hydrogen-bond donors (Lipinski definition) is 1. The Bertz CT molecular complexity index is 1790. The summed E-state index contributed by atoms with van der Waals surface area (Å²) < 4.78 is 47.1. The van der Waals surface area contributed by atoms with Gasteiger partial charge in [-0.1, -0.05) is 35.0 Å². The largest absolute Gasteiger partial charge is 0.490 e. The number of benzene rings is 2. The van der Waals surface area contributed by atoms with Crippen molar-refractivity contribution in [2.24, 2.45) is 11.8 Å². The van der Waals surface area contributed by atoms with Crippen LogP contribution in [-0.4, -0.2) is 50.5 Å². The van der Waals surface area contributed by atoms with Crippen LogP contribution in [0.25, 0.3) is 0 Å². The maximum atomic E-state index is 13.4. The van der Waals surface area contributed by atoms with Crippen molar-refractivity contribution in [2.75, 3.05) is 24.6 Å². The number of amides is 1. The van der Waals surface area contributed by atoms with E-state index in [1.165, 1.54) is 11.1 Å². The van der Waals surface area contributed by atoms with E-state index in [9.17, 15) is 13.2 Å². The Balaban J connectivity index is 1.26. The maximum Gasteiger partial charge on any atom is 0.264 e. The van der Waals surface area contributed by atoms with E-state index in [-0.39, 0.29) is 17.4 Å². The second kappa shape index (κ2) is 12.9. The molecule has 2 aliphatic carbocycles. The number of aromatic nitrogens is 1. The number of halogens is 1. The molecule has 3 aromatic rings. The predicted molar refractivity (Wildman–Crippen MR) is 180 cm³/mol. The van der Waals surface area contributed by atoms with E-state index < -0.39 is 21.2 Å². The molecule has 250 valence electrons. The minimum absolute atomic E-state index is 0.161. The molecule has 0 radical (unpaired) electrons. The molecule has 3 heterocycles. The monoisotopic (exact) mass is 679 g/mol. The molecule has 1 aromatic heterocycles. The molecule has 0 saturated heterocycles. The van der Waals surface area contributed by atoms with E-state index in [1.54, 1.807) is 19.1 Å². The second-order valence-corrected chi connectivity index (χ2v) is 16.3. The number of rotatable bonds is 3. The zero-order chi connectivity index (χ0) is 32.8. The van der Waals surface area contributed by atoms with E-state index in [0.717, 1.165) is 60.8 Å². The first-order valence-corrected chi connectivity index (χ1v) is 18.6. The summed E-state index contributed by atoms with van der Waals surface area (Å²) in [5, 5.41) is 4.11. The Kier molecular flexibility index (Phi) is 8.87. The number of nitrogens with zero attached hydrogens (tertiary/aromatic N) is 2. The van der Waals surface area contributed by atoms with E-state index in [2.05, 4.69) is 33.0 Å². The number of aryl methyl sites for hydroxylation is 2. The highest BCUT2D eigenvalue weighted by Crippen LogP contribution is 2.47. The number of ether oxygens (including phenoxy) is 2. The fourth-order valence-corrected chi connectivity index (χ4v) is 9.01. The van der Waals surface area contributed by atoms with Gasteiger partial charge in [0.2, 0.25) is 10.0 Å². The van der Waals surface area contributed by atoms with Gasteiger partial charge in [-0.2, -0.15) is 0 Å².